The van der Waals surface area contributed by atoms with Gasteiger partial charge in [-0.2, -0.15) is 0 Å². The molecule has 0 saturated carbocycles. The summed E-state index contributed by atoms with van der Waals surface area (Å²) in [5.74, 6) is -0.158. The molecule has 1 heterocycles. The van der Waals surface area contributed by atoms with Gasteiger partial charge < -0.3 is 14.2 Å². The Morgan fingerprint density at radius 3 is 2.47 bits per heavy atom. The van der Waals surface area contributed by atoms with Gasteiger partial charge in [0.25, 0.3) is 0 Å². The van der Waals surface area contributed by atoms with Crippen LogP contribution in [0, 0.1) is 5.41 Å². The molecule has 0 aliphatic carbocycles. The Morgan fingerprint density at radius 1 is 1.40 bits per heavy atom. The molecule has 0 unspecified atom stereocenters. The molecule has 0 amide bonds. The third-order valence-electron chi connectivity index (χ3n) is 2.33. The van der Waals surface area contributed by atoms with Gasteiger partial charge in [0.05, 0.1) is 13.0 Å². The summed E-state index contributed by atoms with van der Waals surface area (Å²) in [6.45, 7) is 8.13. The molecule has 1 aliphatic rings. The van der Waals surface area contributed by atoms with Gasteiger partial charge in [0.1, 0.15) is 0 Å². The zero-order valence-electron chi connectivity index (χ0n) is 9.91. The summed E-state index contributed by atoms with van der Waals surface area (Å²) in [4.78, 5) is 11.3. The maximum Gasteiger partial charge on any atom is 0.306 e. The van der Waals surface area contributed by atoms with E-state index in [1.165, 1.54) is 0 Å². The second-order valence-electron chi connectivity index (χ2n) is 4.62. The summed E-state index contributed by atoms with van der Waals surface area (Å²) < 4.78 is 15.6. The van der Waals surface area contributed by atoms with Crippen molar-refractivity contribution in [3.63, 3.8) is 0 Å². The molecule has 0 aromatic rings. The van der Waals surface area contributed by atoms with E-state index in [2.05, 4.69) is 0 Å². The van der Waals surface area contributed by atoms with Gasteiger partial charge in [-0.15, -0.1) is 0 Å². The average molecular weight is 216 g/mol. The lowest BCUT2D eigenvalue weighted by Gasteiger charge is -2.38. The van der Waals surface area contributed by atoms with Crippen LogP contribution in [0.15, 0.2) is 0 Å². The first kappa shape index (κ1) is 12.5. The molecule has 0 radical (unpaired) electrons. The topological polar surface area (TPSA) is 44.8 Å². The second kappa shape index (κ2) is 4.94. The number of ether oxygens (including phenoxy) is 3. The molecule has 1 aliphatic heterocycles. The van der Waals surface area contributed by atoms with Crippen molar-refractivity contribution >= 4 is 5.97 Å². The number of rotatable bonds is 5. The van der Waals surface area contributed by atoms with E-state index in [9.17, 15) is 4.79 Å². The predicted octanol–water partition coefficient (Wildman–Crippen LogP) is 2.07. The van der Waals surface area contributed by atoms with Crippen LogP contribution >= 0.6 is 0 Å². The number of hydrogen-bond acceptors (Lipinski definition) is 4. The number of carbonyl (C=O) groups is 1. The van der Waals surface area contributed by atoms with Crippen molar-refractivity contribution in [1.29, 1.82) is 0 Å². The molecule has 88 valence electrons. The maximum absolute atomic E-state index is 11.3. The van der Waals surface area contributed by atoms with Crippen molar-refractivity contribution in [2.75, 3.05) is 6.61 Å². The minimum Gasteiger partial charge on any atom is -0.466 e. The second-order valence-corrected chi connectivity index (χ2v) is 4.62. The van der Waals surface area contributed by atoms with Crippen LogP contribution in [-0.2, 0) is 19.0 Å². The fraction of sp³-hybridized carbons (Fsp3) is 0.909. The quantitative estimate of drug-likeness (QED) is 0.660. The summed E-state index contributed by atoms with van der Waals surface area (Å²) >= 11 is 0. The molecule has 1 rings (SSSR count). The third kappa shape index (κ3) is 4.18. The van der Waals surface area contributed by atoms with Crippen molar-refractivity contribution < 1.29 is 19.0 Å². The number of hydrogen-bond donors (Lipinski definition) is 0. The van der Waals surface area contributed by atoms with Gasteiger partial charge in [0.15, 0.2) is 12.6 Å². The molecule has 1 fully saturated rings. The summed E-state index contributed by atoms with van der Waals surface area (Å²) in [5, 5.41) is 0. The third-order valence-corrected chi connectivity index (χ3v) is 2.33. The van der Waals surface area contributed by atoms with Crippen molar-refractivity contribution in [3.05, 3.63) is 0 Å². The van der Waals surface area contributed by atoms with E-state index in [1.54, 1.807) is 0 Å². The van der Waals surface area contributed by atoms with Crippen LogP contribution in [-0.4, -0.2) is 25.2 Å². The average Bonchev–Trinajstić information content (AvgIpc) is 1.99. The van der Waals surface area contributed by atoms with Crippen LogP contribution in [0.3, 0.4) is 0 Å². The van der Waals surface area contributed by atoms with Gasteiger partial charge >= 0.3 is 5.97 Å². The highest BCUT2D eigenvalue weighted by atomic mass is 16.9. The Labute approximate surface area is 90.9 Å². The molecule has 0 bridgehead atoms. The first-order valence-electron chi connectivity index (χ1n) is 5.39. The Morgan fingerprint density at radius 2 is 2.00 bits per heavy atom. The molecule has 0 aromatic heterocycles. The Balaban J connectivity index is 2.28. The van der Waals surface area contributed by atoms with E-state index in [0.29, 0.717) is 13.0 Å². The minimum atomic E-state index is -0.163. The van der Waals surface area contributed by atoms with E-state index >= 15 is 0 Å². The highest BCUT2D eigenvalue weighted by molar-refractivity contribution is 5.70. The van der Waals surface area contributed by atoms with Gasteiger partial charge in [-0.1, -0.05) is 13.8 Å². The molecule has 0 aromatic carbocycles. The van der Waals surface area contributed by atoms with Gasteiger partial charge in [0, 0.05) is 6.42 Å². The highest BCUT2D eigenvalue weighted by Gasteiger charge is 2.34. The van der Waals surface area contributed by atoms with Gasteiger partial charge in [-0.25, -0.2) is 0 Å². The smallest absolute Gasteiger partial charge is 0.306 e. The van der Waals surface area contributed by atoms with Crippen molar-refractivity contribution in [2.45, 2.75) is 53.1 Å². The molecule has 0 N–H and O–H groups in total. The lowest BCUT2D eigenvalue weighted by atomic mass is 9.85. The molecule has 15 heavy (non-hydrogen) atoms. The van der Waals surface area contributed by atoms with Crippen molar-refractivity contribution in [1.82, 2.24) is 0 Å². The molecular formula is C11H20O4. The molecule has 4 heteroatoms. The van der Waals surface area contributed by atoms with E-state index in [4.69, 9.17) is 14.2 Å². The Kier molecular flexibility index (Phi) is 4.11. The van der Waals surface area contributed by atoms with E-state index in [-0.39, 0.29) is 24.0 Å². The molecular weight excluding hydrogens is 196 g/mol. The first-order chi connectivity index (χ1) is 6.93. The van der Waals surface area contributed by atoms with Gasteiger partial charge in [-0.3, -0.25) is 4.79 Å². The zero-order chi connectivity index (χ0) is 11.5. The van der Waals surface area contributed by atoms with Crippen molar-refractivity contribution in [3.8, 4) is 0 Å². The lowest BCUT2D eigenvalue weighted by molar-refractivity contribution is -0.382. The van der Waals surface area contributed by atoms with Crippen LogP contribution in [0.5, 0.6) is 0 Å². The summed E-state index contributed by atoms with van der Waals surface area (Å²) in [5.41, 5.74) is -0.142. The van der Waals surface area contributed by atoms with Crippen LogP contribution in [0.1, 0.15) is 40.5 Å². The van der Waals surface area contributed by atoms with Crippen LogP contribution in [0.4, 0.5) is 0 Å². The van der Waals surface area contributed by atoms with Crippen LogP contribution < -0.4 is 0 Å². The van der Waals surface area contributed by atoms with Crippen LogP contribution in [0.2, 0.25) is 0 Å². The zero-order valence-corrected chi connectivity index (χ0v) is 9.91. The van der Waals surface area contributed by atoms with E-state index < -0.39 is 0 Å². The molecule has 4 nitrogen and oxygen atoms in total. The normalized spacial score (nSPS) is 25.9. The van der Waals surface area contributed by atoms with E-state index in [1.807, 2.05) is 27.7 Å². The first-order valence-corrected chi connectivity index (χ1v) is 5.39. The fourth-order valence-electron chi connectivity index (χ4n) is 1.66. The minimum absolute atomic E-state index is 0.103. The standard InChI is InChI=1S/C11H20O4/c1-5-13-9(12)6-11(3,4)7-10-14-8(2)15-10/h8,10H,5-7H2,1-4H3. The highest BCUT2D eigenvalue weighted by Crippen LogP contribution is 2.32. The summed E-state index contributed by atoms with van der Waals surface area (Å²) in [6.07, 6.45) is 0.854. The van der Waals surface area contributed by atoms with Gasteiger partial charge in [-0.05, 0) is 19.3 Å². The van der Waals surface area contributed by atoms with E-state index in [0.717, 1.165) is 6.42 Å². The molecule has 1 saturated heterocycles. The number of esters is 1. The SMILES string of the molecule is CCOC(=O)CC(C)(C)CC1OC(C)O1. The predicted molar refractivity (Wildman–Crippen MR) is 55.1 cm³/mol. The largest absolute Gasteiger partial charge is 0.466 e. The summed E-state index contributed by atoms with van der Waals surface area (Å²) in [7, 11) is 0. The molecule has 0 spiro atoms. The number of carbonyl (C=O) groups excluding carboxylic acids is 1. The Bertz CT molecular complexity index is 219. The van der Waals surface area contributed by atoms with Crippen LogP contribution in [0.25, 0.3) is 0 Å². The molecule has 0 atom stereocenters. The maximum atomic E-state index is 11.3. The lowest BCUT2D eigenvalue weighted by Crippen LogP contribution is -2.41. The van der Waals surface area contributed by atoms with Gasteiger partial charge in [0.2, 0.25) is 0 Å². The fourth-order valence-corrected chi connectivity index (χ4v) is 1.66. The summed E-state index contributed by atoms with van der Waals surface area (Å²) in [6, 6.07) is 0. The Hall–Kier alpha value is -0.610. The monoisotopic (exact) mass is 216 g/mol. The van der Waals surface area contributed by atoms with Crippen molar-refractivity contribution in [2.24, 2.45) is 5.41 Å².